The Morgan fingerprint density at radius 3 is 2.67 bits per heavy atom. The fourth-order valence-electron chi connectivity index (χ4n) is 3.75. The molecule has 1 fully saturated rings. The lowest BCUT2D eigenvalue weighted by atomic mass is 10.0. The summed E-state index contributed by atoms with van der Waals surface area (Å²) in [6.45, 7) is 1.02. The SMILES string of the molecule is COc1ccc(C2CCCN2C(=O)CCCN(C)S(=O)(=O)c2cccs2)cc1OC. The summed E-state index contributed by atoms with van der Waals surface area (Å²) in [5.74, 6) is 1.36. The lowest BCUT2D eigenvalue weighted by molar-refractivity contribution is -0.132. The highest BCUT2D eigenvalue weighted by molar-refractivity contribution is 7.91. The molecule has 0 N–H and O–H groups in total. The first-order valence-electron chi connectivity index (χ1n) is 9.89. The molecule has 0 bridgehead atoms. The maximum absolute atomic E-state index is 12.9. The predicted molar refractivity (Wildman–Crippen MR) is 117 cm³/mol. The van der Waals surface area contributed by atoms with Gasteiger partial charge in [0.2, 0.25) is 5.91 Å². The molecule has 7 nitrogen and oxygen atoms in total. The van der Waals surface area contributed by atoms with Gasteiger partial charge in [-0.2, -0.15) is 0 Å². The second kappa shape index (κ2) is 9.80. The molecule has 1 atom stereocenters. The minimum atomic E-state index is -3.48. The Kier molecular flexibility index (Phi) is 7.38. The highest BCUT2D eigenvalue weighted by atomic mass is 32.2. The third-order valence-corrected chi connectivity index (χ3v) is 8.62. The number of benzene rings is 1. The number of methoxy groups -OCH3 is 2. The van der Waals surface area contributed by atoms with Crippen molar-refractivity contribution in [1.29, 1.82) is 0 Å². The Morgan fingerprint density at radius 2 is 2.00 bits per heavy atom. The van der Waals surface area contributed by atoms with Gasteiger partial charge in [0.05, 0.1) is 20.3 Å². The molecular weight excluding hydrogens is 424 g/mol. The Labute approximate surface area is 182 Å². The first kappa shape index (κ1) is 22.6. The second-order valence-corrected chi connectivity index (χ2v) is 10.4. The monoisotopic (exact) mass is 452 g/mol. The topological polar surface area (TPSA) is 76.2 Å². The standard InChI is InChI=1S/C21H28N2O5S2/c1-22(30(25,26)21-9-6-14-29-21)12-5-8-20(24)23-13-4-7-17(23)16-10-11-18(27-2)19(15-16)28-3/h6,9-11,14-15,17H,4-5,7-8,12-13H2,1-3H3. The van der Waals surface area contributed by atoms with Gasteiger partial charge in [-0.05, 0) is 48.4 Å². The normalized spacial score (nSPS) is 16.8. The Bertz CT molecular complexity index is 960. The number of carbonyl (C=O) groups excluding carboxylic acids is 1. The van der Waals surface area contributed by atoms with Crippen molar-refractivity contribution < 1.29 is 22.7 Å². The first-order chi connectivity index (χ1) is 14.4. The van der Waals surface area contributed by atoms with Gasteiger partial charge in [-0.1, -0.05) is 12.1 Å². The van der Waals surface area contributed by atoms with Crippen LogP contribution >= 0.6 is 11.3 Å². The minimum absolute atomic E-state index is 0.00453. The van der Waals surface area contributed by atoms with Gasteiger partial charge >= 0.3 is 0 Å². The summed E-state index contributed by atoms with van der Waals surface area (Å²) in [6, 6.07) is 9.08. The molecule has 2 heterocycles. The molecule has 1 amide bonds. The van der Waals surface area contributed by atoms with E-state index in [1.807, 2.05) is 23.1 Å². The van der Waals surface area contributed by atoms with Crippen LogP contribution in [0, 0.1) is 0 Å². The molecule has 3 rings (SSSR count). The lowest BCUT2D eigenvalue weighted by Crippen LogP contribution is -2.32. The number of carbonyl (C=O) groups is 1. The average Bonchev–Trinajstić information content (AvgIpc) is 3.45. The van der Waals surface area contributed by atoms with Crippen LogP contribution in [0.25, 0.3) is 0 Å². The van der Waals surface area contributed by atoms with Gasteiger partial charge in [0.1, 0.15) is 4.21 Å². The van der Waals surface area contributed by atoms with Crippen LogP contribution in [0.5, 0.6) is 11.5 Å². The molecule has 1 aliphatic rings. The van der Waals surface area contributed by atoms with Crippen molar-refractivity contribution in [2.24, 2.45) is 0 Å². The smallest absolute Gasteiger partial charge is 0.252 e. The van der Waals surface area contributed by atoms with Crippen LogP contribution in [-0.4, -0.2) is 57.9 Å². The second-order valence-electron chi connectivity index (χ2n) is 7.22. The predicted octanol–water partition coefficient (Wildman–Crippen LogP) is 3.53. The zero-order valence-corrected chi connectivity index (χ0v) is 19.2. The summed E-state index contributed by atoms with van der Waals surface area (Å²) in [4.78, 5) is 14.8. The summed E-state index contributed by atoms with van der Waals surface area (Å²) in [5.41, 5.74) is 1.02. The molecule has 1 aromatic heterocycles. The molecule has 30 heavy (non-hydrogen) atoms. The van der Waals surface area contributed by atoms with Crippen molar-refractivity contribution in [3.05, 3.63) is 41.3 Å². The first-order valence-corrected chi connectivity index (χ1v) is 12.2. The number of nitrogens with zero attached hydrogens (tertiary/aromatic N) is 2. The van der Waals surface area contributed by atoms with Gasteiger partial charge in [0.25, 0.3) is 10.0 Å². The molecule has 164 valence electrons. The molecule has 1 unspecified atom stereocenters. The van der Waals surface area contributed by atoms with E-state index in [-0.39, 0.29) is 11.9 Å². The number of likely N-dealkylation sites (tertiary alicyclic amines) is 1. The van der Waals surface area contributed by atoms with Crippen LogP contribution in [0.2, 0.25) is 0 Å². The maximum Gasteiger partial charge on any atom is 0.252 e. The molecule has 0 saturated carbocycles. The van der Waals surface area contributed by atoms with Crippen LogP contribution < -0.4 is 9.47 Å². The van der Waals surface area contributed by atoms with E-state index >= 15 is 0 Å². The van der Waals surface area contributed by atoms with Crippen molar-refractivity contribution in [3.8, 4) is 11.5 Å². The summed E-state index contributed by atoms with van der Waals surface area (Å²) >= 11 is 1.20. The summed E-state index contributed by atoms with van der Waals surface area (Å²) in [5, 5.41) is 1.74. The van der Waals surface area contributed by atoms with E-state index in [2.05, 4.69) is 0 Å². The number of hydrogen-bond donors (Lipinski definition) is 0. The van der Waals surface area contributed by atoms with E-state index in [9.17, 15) is 13.2 Å². The Morgan fingerprint density at radius 1 is 1.23 bits per heavy atom. The average molecular weight is 453 g/mol. The van der Waals surface area contributed by atoms with Gasteiger partial charge in [-0.3, -0.25) is 4.79 Å². The molecule has 0 spiro atoms. The third-order valence-electron chi connectivity index (χ3n) is 5.39. The molecule has 1 saturated heterocycles. The van der Waals surface area contributed by atoms with E-state index in [0.29, 0.717) is 41.6 Å². The third kappa shape index (κ3) is 4.79. The molecule has 0 radical (unpaired) electrons. The highest BCUT2D eigenvalue weighted by Gasteiger charge is 2.30. The molecule has 9 heteroatoms. The van der Waals surface area contributed by atoms with Crippen molar-refractivity contribution in [2.45, 2.75) is 35.9 Å². The van der Waals surface area contributed by atoms with Crippen LogP contribution in [0.1, 0.15) is 37.3 Å². The summed E-state index contributed by atoms with van der Waals surface area (Å²) in [6.07, 6.45) is 2.63. The van der Waals surface area contributed by atoms with Gasteiger partial charge in [0.15, 0.2) is 11.5 Å². The van der Waals surface area contributed by atoms with E-state index in [4.69, 9.17) is 9.47 Å². The zero-order valence-electron chi connectivity index (χ0n) is 17.5. The van der Waals surface area contributed by atoms with Crippen LogP contribution in [0.15, 0.2) is 39.9 Å². The molecule has 2 aromatic rings. The van der Waals surface area contributed by atoms with Gasteiger partial charge in [-0.15, -0.1) is 11.3 Å². The van der Waals surface area contributed by atoms with Crippen molar-refractivity contribution in [1.82, 2.24) is 9.21 Å². The van der Waals surface area contributed by atoms with Crippen molar-refractivity contribution in [2.75, 3.05) is 34.4 Å². The van der Waals surface area contributed by atoms with Crippen molar-refractivity contribution in [3.63, 3.8) is 0 Å². The quantitative estimate of drug-likeness (QED) is 0.582. The minimum Gasteiger partial charge on any atom is -0.493 e. The van der Waals surface area contributed by atoms with E-state index < -0.39 is 10.0 Å². The van der Waals surface area contributed by atoms with Crippen LogP contribution in [-0.2, 0) is 14.8 Å². The van der Waals surface area contributed by atoms with E-state index in [1.54, 1.807) is 38.8 Å². The highest BCUT2D eigenvalue weighted by Crippen LogP contribution is 2.37. The number of thiophene rings is 1. The number of rotatable bonds is 9. The molecular formula is C21H28N2O5S2. The fourth-order valence-corrected chi connectivity index (χ4v) is 6.16. The number of hydrogen-bond acceptors (Lipinski definition) is 6. The Balaban J connectivity index is 1.60. The van der Waals surface area contributed by atoms with Gasteiger partial charge < -0.3 is 14.4 Å². The maximum atomic E-state index is 12.9. The number of sulfonamides is 1. The Hall–Kier alpha value is -2.10. The molecule has 0 aliphatic carbocycles. The van der Waals surface area contributed by atoms with Crippen molar-refractivity contribution >= 4 is 27.3 Å². The number of amides is 1. The molecule has 1 aromatic carbocycles. The fraction of sp³-hybridized carbons (Fsp3) is 0.476. The summed E-state index contributed by atoms with van der Waals surface area (Å²) < 4.78 is 37.3. The van der Waals surface area contributed by atoms with Gasteiger partial charge in [-0.25, -0.2) is 12.7 Å². The van der Waals surface area contributed by atoms with E-state index in [0.717, 1.165) is 18.4 Å². The van der Waals surface area contributed by atoms with E-state index in [1.165, 1.54) is 15.6 Å². The number of ether oxygens (including phenoxy) is 2. The summed E-state index contributed by atoms with van der Waals surface area (Å²) in [7, 11) is 1.27. The van der Waals surface area contributed by atoms with Crippen LogP contribution in [0.4, 0.5) is 0 Å². The zero-order chi connectivity index (χ0) is 21.7. The molecule has 1 aliphatic heterocycles. The largest absolute Gasteiger partial charge is 0.493 e. The van der Waals surface area contributed by atoms with Gasteiger partial charge in [0, 0.05) is 26.6 Å². The lowest BCUT2D eigenvalue weighted by Gasteiger charge is -2.26. The van der Waals surface area contributed by atoms with Crippen LogP contribution in [0.3, 0.4) is 0 Å².